The van der Waals surface area contributed by atoms with Crippen LogP contribution in [-0.2, 0) is 4.79 Å². The van der Waals surface area contributed by atoms with Crippen LogP contribution in [0.15, 0.2) is 64.5 Å². The number of carbonyl (C=O) groups is 1. The highest BCUT2D eigenvalue weighted by Gasteiger charge is 2.24. The van der Waals surface area contributed by atoms with Gasteiger partial charge in [0.1, 0.15) is 0 Å². The third-order valence-corrected chi connectivity index (χ3v) is 4.24. The second-order valence-electron chi connectivity index (χ2n) is 4.97. The molecule has 0 unspecified atom stereocenters. The highest BCUT2D eigenvalue weighted by molar-refractivity contribution is 8.18. The number of aromatic nitrogens is 2. The highest BCUT2D eigenvalue weighted by Crippen LogP contribution is 2.27. The van der Waals surface area contributed by atoms with E-state index in [0.29, 0.717) is 16.0 Å². The van der Waals surface area contributed by atoms with E-state index in [2.05, 4.69) is 20.3 Å². The Balaban J connectivity index is 1.61. The van der Waals surface area contributed by atoms with Gasteiger partial charge in [-0.05, 0) is 35.5 Å². The maximum absolute atomic E-state index is 12.0. The van der Waals surface area contributed by atoms with Gasteiger partial charge in [0.05, 0.1) is 15.9 Å². The van der Waals surface area contributed by atoms with Crippen molar-refractivity contribution < 1.29 is 4.79 Å². The summed E-state index contributed by atoms with van der Waals surface area (Å²) in [5.41, 5.74) is 2.75. The van der Waals surface area contributed by atoms with Crippen molar-refractivity contribution in [3.8, 4) is 0 Å². The number of hydrogen-bond donors (Lipinski definition) is 2. The first-order valence-corrected chi connectivity index (χ1v) is 7.89. The van der Waals surface area contributed by atoms with E-state index in [4.69, 9.17) is 0 Å². The summed E-state index contributed by atoms with van der Waals surface area (Å²) < 4.78 is 0. The molecule has 0 atom stereocenters. The van der Waals surface area contributed by atoms with Crippen molar-refractivity contribution in [1.29, 1.82) is 0 Å². The van der Waals surface area contributed by atoms with Crippen molar-refractivity contribution in [2.45, 2.75) is 0 Å². The molecule has 0 bridgehead atoms. The second-order valence-corrected chi connectivity index (χ2v) is 6.00. The average Bonchev–Trinajstić information content (AvgIpc) is 3.11. The van der Waals surface area contributed by atoms with E-state index in [-0.39, 0.29) is 5.91 Å². The van der Waals surface area contributed by atoms with E-state index in [9.17, 15) is 4.79 Å². The number of aliphatic imine (C=N–C) groups is 1. The number of nitrogens with zero attached hydrogens (tertiary/aromatic N) is 2. The predicted molar refractivity (Wildman–Crippen MR) is 93.3 cm³/mol. The van der Waals surface area contributed by atoms with E-state index in [1.165, 1.54) is 11.8 Å². The zero-order valence-electron chi connectivity index (χ0n) is 12.0. The van der Waals surface area contributed by atoms with E-state index >= 15 is 0 Å². The van der Waals surface area contributed by atoms with Crippen LogP contribution in [0.25, 0.3) is 17.1 Å². The number of carbonyl (C=O) groups excluding carboxylic acids is 1. The summed E-state index contributed by atoms with van der Waals surface area (Å²) in [6.45, 7) is 0. The minimum atomic E-state index is -0.145. The number of hydrogen-bond acceptors (Lipinski definition) is 4. The first kappa shape index (κ1) is 13.8. The maximum atomic E-state index is 12.0. The van der Waals surface area contributed by atoms with E-state index in [1.54, 1.807) is 0 Å². The van der Waals surface area contributed by atoms with Gasteiger partial charge in [0.25, 0.3) is 5.91 Å². The van der Waals surface area contributed by atoms with Crippen LogP contribution >= 0.6 is 11.8 Å². The number of imidazole rings is 1. The lowest BCUT2D eigenvalue weighted by Crippen LogP contribution is -2.19. The fraction of sp³-hybridized carbons (Fsp3) is 0. The Morgan fingerprint density at radius 2 is 1.83 bits per heavy atom. The molecule has 5 nitrogen and oxygen atoms in total. The molecule has 4 rings (SSSR count). The normalized spacial score (nSPS) is 18.0. The summed E-state index contributed by atoms with van der Waals surface area (Å²) in [4.78, 5) is 24.5. The predicted octanol–water partition coefficient (Wildman–Crippen LogP) is 3.45. The van der Waals surface area contributed by atoms with E-state index in [0.717, 1.165) is 16.6 Å². The molecule has 2 N–H and O–H groups in total. The number of H-pyrrole nitrogens is 1. The van der Waals surface area contributed by atoms with Gasteiger partial charge in [-0.1, -0.05) is 42.5 Å². The van der Waals surface area contributed by atoms with Crippen LogP contribution in [0.4, 0.5) is 5.95 Å². The molecule has 1 aliphatic rings. The zero-order chi connectivity index (χ0) is 15.6. The Bertz CT molecular complexity index is 910. The Hall–Kier alpha value is -2.86. The number of amidine groups is 1. The Kier molecular flexibility index (Phi) is 3.44. The van der Waals surface area contributed by atoms with Crippen molar-refractivity contribution in [2.75, 3.05) is 0 Å². The summed E-state index contributed by atoms with van der Waals surface area (Å²) >= 11 is 1.31. The lowest BCUT2D eigenvalue weighted by atomic mass is 10.2. The maximum Gasteiger partial charge on any atom is 0.264 e. The number of nitrogens with one attached hydrogen (secondary N) is 2. The minimum absolute atomic E-state index is 0.145. The topological polar surface area (TPSA) is 70.1 Å². The largest absolute Gasteiger partial charge is 0.322 e. The molecule has 1 amide bonds. The van der Waals surface area contributed by atoms with Gasteiger partial charge in [-0.2, -0.15) is 4.99 Å². The molecule has 1 fully saturated rings. The number of thioether (sulfide) groups is 1. The van der Waals surface area contributed by atoms with Crippen molar-refractivity contribution in [1.82, 2.24) is 15.3 Å². The molecule has 2 aromatic carbocycles. The van der Waals surface area contributed by atoms with E-state index in [1.807, 2.05) is 60.7 Å². The third kappa shape index (κ3) is 2.89. The molecule has 6 heteroatoms. The quantitative estimate of drug-likeness (QED) is 0.710. The molecule has 1 saturated heterocycles. The number of rotatable bonds is 2. The number of amides is 1. The minimum Gasteiger partial charge on any atom is -0.322 e. The van der Waals surface area contributed by atoms with Crippen molar-refractivity contribution in [3.05, 3.63) is 65.1 Å². The van der Waals surface area contributed by atoms with Crippen molar-refractivity contribution in [3.63, 3.8) is 0 Å². The Morgan fingerprint density at radius 1 is 1.04 bits per heavy atom. The molecule has 1 aromatic heterocycles. The Labute approximate surface area is 136 Å². The third-order valence-electron chi connectivity index (χ3n) is 3.33. The molecule has 0 aliphatic carbocycles. The highest BCUT2D eigenvalue weighted by atomic mass is 32.2. The van der Waals surface area contributed by atoms with Crippen LogP contribution in [0.1, 0.15) is 5.56 Å². The lowest BCUT2D eigenvalue weighted by Gasteiger charge is -1.93. The van der Waals surface area contributed by atoms with Gasteiger partial charge in [-0.25, -0.2) is 4.98 Å². The number of fused-ring (bicyclic) bond motifs is 1. The van der Waals surface area contributed by atoms with Crippen LogP contribution in [0.2, 0.25) is 0 Å². The molecule has 0 saturated carbocycles. The van der Waals surface area contributed by atoms with Gasteiger partial charge in [-0.3, -0.25) is 4.79 Å². The standard InChI is InChI=1S/C17H12N4OS/c22-15-14(10-11-6-2-1-3-7-11)23-17(20-15)21-16-18-12-8-4-5-9-13(12)19-16/h1-10H,(H2,18,19,20,21,22)/b14-10+. The van der Waals surface area contributed by atoms with Crippen LogP contribution in [0, 0.1) is 0 Å². The van der Waals surface area contributed by atoms with Gasteiger partial charge in [0.15, 0.2) is 5.17 Å². The average molecular weight is 320 g/mol. The summed E-state index contributed by atoms with van der Waals surface area (Å²) in [6, 6.07) is 17.4. The molecular formula is C17H12N4OS. The summed E-state index contributed by atoms with van der Waals surface area (Å²) in [5.74, 6) is 0.337. The second kappa shape index (κ2) is 5.73. The fourth-order valence-electron chi connectivity index (χ4n) is 2.27. The van der Waals surface area contributed by atoms with Gasteiger partial charge in [0, 0.05) is 0 Å². The molecule has 3 aromatic rings. The smallest absolute Gasteiger partial charge is 0.264 e. The van der Waals surface area contributed by atoms with Gasteiger partial charge < -0.3 is 10.3 Å². The van der Waals surface area contributed by atoms with Crippen molar-refractivity contribution in [2.24, 2.45) is 4.99 Å². The number of aromatic amines is 1. The monoisotopic (exact) mass is 320 g/mol. The summed E-state index contributed by atoms with van der Waals surface area (Å²) in [6.07, 6.45) is 1.85. The fourth-order valence-corrected chi connectivity index (χ4v) is 3.09. The molecule has 112 valence electrons. The number of para-hydroxylation sites is 2. The molecule has 23 heavy (non-hydrogen) atoms. The van der Waals surface area contributed by atoms with Crippen molar-refractivity contribution >= 4 is 45.9 Å². The Morgan fingerprint density at radius 3 is 2.65 bits per heavy atom. The SMILES string of the molecule is O=C1N/C(=N\c2nc3ccccc3[nH]2)S/C1=C/c1ccccc1. The molecule has 2 heterocycles. The van der Waals surface area contributed by atoms with Crippen LogP contribution in [0.3, 0.4) is 0 Å². The molecule has 0 radical (unpaired) electrons. The molecular weight excluding hydrogens is 308 g/mol. The van der Waals surface area contributed by atoms with E-state index < -0.39 is 0 Å². The van der Waals surface area contributed by atoms with Gasteiger partial charge in [0.2, 0.25) is 5.95 Å². The van der Waals surface area contributed by atoms with Gasteiger partial charge in [-0.15, -0.1) is 0 Å². The summed E-state index contributed by atoms with van der Waals surface area (Å²) in [5, 5.41) is 3.29. The first-order valence-electron chi connectivity index (χ1n) is 7.07. The molecule has 0 spiro atoms. The molecule has 1 aliphatic heterocycles. The van der Waals surface area contributed by atoms with Crippen LogP contribution in [0.5, 0.6) is 0 Å². The van der Waals surface area contributed by atoms with Crippen LogP contribution < -0.4 is 5.32 Å². The lowest BCUT2D eigenvalue weighted by molar-refractivity contribution is -0.115. The first-order chi connectivity index (χ1) is 11.3. The van der Waals surface area contributed by atoms with Gasteiger partial charge >= 0.3 is 0 Å². The number of benzene rings is 2. The zero-order valence-corrected chi connectivity index (χ0v) is 12.8. The van der Waals surface area contributed by atoms with Crippen LogP contribution in [-0.4, -0.2) is 21.0 Å². The summed E-state index contributed by atoms with van der Waals surface area (Å²) in [7, 11) is 0.